The predicted molar refractivity (Wildman–Crippen MR) is 136 cm³/mol. The number of pyridine rings is 1. The molecule has 0 aliphatic rings. The molecule has 33 heavy (non-hydrogen) atoms. The van der Waals surface area contributed by atoms with Crippen LogP contribution < -0.4 is 9.64 Å². The number of thiazole rings is 1. The van der Waals surface area contributed by atoms with Crippen LogP contribution in [0.4, 0.5) is 5.13 Å². The predicted octanol–water partition coefficient (Wildman–Crippen LogP) is 7.07. The van der Waals surface area contributed by atoms with Crippen molar-refractivity contribution in [1.82, 2.24) is 9.97 Å². The molecule has 0 unspecified atom stereocenters. The van der Waals surface area contributed by atoms with E-state index in [0.29, 0.717) is 34.6 Å². The van der Waals surface area contributed by atoms with Crippen LogP contribution in [0, 0.1) is 6.92 Å². The summed E-state index contributed by atoms with van der Waals surface area (Å²) in [5.74, 6) is 0.545. The molecule has 0 radical (unpaired) electrons. The number of unbranched alkanes of at least 4 members (excludes halogenated alkanes) is 2. The van der Waals surface area contributed by atoms with Gasteiger partial charge >= 0.3 is 0 Å². The van der Waals surface area contributed by atoms with Crippen LogP contribution in [0.25, 0.3) is 10.2 Å². The smallest absolute Gasteiger partial charge is 0.260 e. The van der Waals surface area contributed by atoms with Crippen molar-refractivity contribution in [1.29, 1.82) is 0 Å². The molecular weight excluding hydrogens is 454 g/mol. The van der Waals surface area contributed by atoms with Gasteiger partial charge in [0.05, 0.1) is 29.1 Å². The van der Waals surface area contributed by atoms with Crippen molar-refractivity contribution in [2.75, 3.05) is 11.5 Å². The number of amides is 1. The van der Waals surface area contributed by atoms with Crippen LogP contribution in [0.5, 0.6) is 5.75 Å². The fourth-order valence-electron chi connectivity index (χ4n) is 3.55. The van der Waals surface area contributed by atoms with Crippen molar-refractivity contribution in [3.8, 4) is 5.75 Å². The summed E-state index contributed by atoms with van der Waals surface area (Å²) in [5, 5.41) is 1.27. The van der Waals surface area contributed by atoms with Crippen molar-refractivity contribution in [2.45, 2.75) is 39.7 Å². The van der Waals surface area contributed by atoms with Crippen LogP contribution in [0.1, 0.15) is 47.8 Å². The monoisotopic (exact) mass is 479 g/mol. The summed E-state index contributed by atoms with van der Waals surface area (Å²) in [4.78, 5) is 24.6. The third-order valence-corrected chi connectivity index (χ3v) is 6.50. The van der Waals surface area contributed by atoms with Gasteiger partial charge in [0.15, 0.2) is 5.13 Å². The van der Waals surface area contributed by atoms with Gasteiger partial charge in [-0.2, -0.15) is 0 Å². The van der Waals surface area contributed by atoms with E-state index in [4.69, 9.17) is 21.3 Å². The maximum atomic E-state index is 13.7. The lowest BCUT2D eigenvalue weighted by molar-refractivity contribution is 0.0984. The first-order valence-corrected chi connectivity index (χ1v) is 12.3. The zero-order valence-corrected chi connectivity index (χ0v) is 20.3. The maximum absolute atomic E-state index is 13.7. The molecule has 0 spiro atoms. The maximum Gasteiger partial charge on any atom is 0.260 e. The summed E-state index contributed by atoms with van der Waals surface area (Å²) < 4.78 is 6.81. The molecule has 7 heteroatoms. The normalized spacial score (nSPS) is 11.0. The Balaban J connectivity index is 1.67. The number of benzene rings is 2. The van der Waals surface area contributed by atoms with E-state index in [1.165, 1.54) is 11.3 Å². The van der Waals surface area contributed by atoms with Gasteiger partial charge in [-0.15, -0.1) is 0 Å². The van der Waals surface area contributed by atoms with E-state index < -0.39 is 0 Å². The van der Waals surface area contributed by atoms with Crippen LogP contribution in [0.3, 0.4) is 0 Å². The highest BCUT2D eigenvalue weighted by Crippen LogP contribution is 2.34. The van der Waals surface area contributed by atoms with Gasteiger partial charge in [-0.1, -0.05) is 54.8 Å². The number of hydrogen-bond acceptors (Lipinski definition) is 5. The summed E-state index contributed by atoms with van der Waals surface area (Å²) in [6, 6.07) is 16.8. The fourth-order valence-corrected chi connectivity index (χ4v) is 4.97. The van der Waals surface area contributed by atoms with Crippen molar-refractivity contribution < 1.29 is 9.53 Å². The van der Waals surface area contributed by atoms with Gasteiger partial charge in [0.1, 0.15) is 5.75 Å². The highest BCUT2D eigenvalue weighted by molar-refractivity contribution is 7.22. The second kappa shape index (κ2) is 10.8. The molecule has 0 fully saturated rings. The molecule has 2 heterocycles. The Hall–Kier alpha value is -2.96. The molecule has 0 aliphatic heterocycles. The number of halogens is 1. The third kappa shape index (κ3) is 5.70. The van der Waals surface area contributed by atoms with Crippen LogP contribution in [-0.4, -0.2) is 22.5 Å². The van der Waals surface area contributed by atoms with Crippen LogP contribution in [-0.2, 0) is 6.54 Å². The van der Waals surface area contributed by atoms with E-state index in [9.17, 15) is 4.79 Å². The molecule has 0 atom stereocenters. The summed E-state index contributed by atoms with van der Waals surface area (Å²) in [7, 11) is 0. The van der Waals surface area contributed by atoms with Crippen molar-refractivity contribution >= 4 is 44.2 Å². The zero-order valence-electron chi connectivity index (χ0n) is 18.8. The largest absolute Gasteiger partial charge is 0.494 e. The molecule has 4 rings (SSSR count). The molecule has 170 valence electrons. The molecule has 0 aliphatic carbocycles. The SMILES string of the molecule is CCCCCOc1cccc(C(=O)N(Cc2ccccn2)c2nc3c(C)cc(Cl)cc3s2)c1. The molecule has 0 N–H and O–H groups in total. The van der Waals surface area contributed by atoms with Gasteiger partial charge < -0.3 is 4.74 Å². The minimum absolute atomic E-state index is 0.150. The van der Waals surface area contributed by atoms with Gasteiger partial charge in [0.25, 0.3) is 5.91 Å². The van der Waals surface area contributed by atoms with E-state index in [0.717, 1.165) is 40.7 Å². The topological polar surface area (TPSA) is 55.3 Å². The number of hydrogen-bond donors (Lipinski definition) is 0. The van der Waals surface area contributed by atoms with E-state index in [1.54, 1.807) is 17.2 Å². The van der Waals surface area contributed by atoms with Crippen LogP contribution in [0.2, 0.25) is 5.02 Å². The Morgan fingerprint density at radius 1 is 1.12 bits per heavy atom. The number of aryl methyl sites for hydroxylation is 1. The van der Waals surface area contributed by atoms with Crippen LogP contribution in [0.15, 0.2) is 60.8 Å². The average Bonchev–Trinajstić information content (AvgIpc) is 3.25. The van der Waals surface area contributed by atoms with E-state index >= 15 is 0 Å². The number of anilines is 1. The fraction of sp³-hybridized carbons (Fsp3) is 0.269. The molecular formula is C26H26ClN3O2S. The van der Waals surface area contributed by atoms with Crippen molar-refractivity contribution in [2.24, 2.45) is 0 Å². The average molecular weight is 480 g/mol. The van der Waals surface area contributed by atoms with E-state index in [-0.39, 0.29) is 5.91 Å². The van der Waals surface area contributed by atoms with Gasteiger partial charge in [-0.25, -0.2) is 4.98 Å². The number of ether oxygens (including phenoxy) is 1. The summed E-state index contributed by atoms with van der Waals surface area (Å²) in [6.07, 6.45) is 4.98. The van der Waals surface area contributed by atoms with Gasteiger partial charge in [0, 0.05) is 16.8 Å². The molecule has 0 saturated heterocycles. The number of aromatic nitrogens is 2. The first-order valence-electron chi connectivity index (χ1n) is 11.1. The number of carbonyl (C=O) groups is 1. The first-order chi connectivity index (χ1) is 16.0. The lowest BCUT2D eigenvalue weighted by Crippen LogP contribution is -2.30. The first kappa shape index (κ1) is 23.2. The number of nitrogens with zero attached hydrogens (tertiary/aromatic N) is 3. The Kier molecular flexibility index (Phi) is 7.57. The highest BCUT2D eigenvalue weighted by atomic mass is 35.5. The molecule has 2 aromatic carbocycles. The Morgan fingerprint density at radius 3 is 2.79 bits per heavy atom. The summed E-state index contributed by atoms with van der Waals surface area (Å²) >= 11 is 7.70. The lowest BCUT2D eigenvalue weighted by Gasteiger charge is -2.20. The Bertz CT molecular complexity index is 1240. The highest BCUT2D eigenvalue weighted by Gasteiger charge is 2.23. The minimum Gasteiger partial charge on any atom is -0.494 e. The van der Waals surface area contributed by atoms with Crippen LogP contribution >= 0.6 is 22.9 Å². The second-order valence-electron chi connectivity index (χ2n) is 7.86. The molecule has 1 amide bonds. The molecule has 4 aromatic rings. The quantitative estimate of drug-likeness (QED) is 0.241. The molecule has 0 saturated carbocycles. The standard InChI is InChI=1S/C26H26ClN3O2S/c1-3-4-7-13-32-22-11-8-9-19(15-22)25(31)30(17-21-10-5-6-12-28-21)26-29-24-18(2)14-20(27)16-23(24)33-26/h5-6,8-12,14-16H,3-4,7,13,17H2,1-2H3. The number of carbonyl (C=O) groups excluding carboxylic acids is 1. The van der Waals surface area contributed by atoms with Gasteiger partial charge in [-0.05, 0) is 61.4 Å². The van der Waals surface area contributed by atoms with Gasteiger partial charge in [-0.3, -0.25) is 14.7 Å². The third-order valence-electron chi connectivity index (χ3n) is 5.26. The zero-order chi connectivity index (χ0) is 23.2. The van der Waals surface area contributed by atoms with Crippen molar-refractivity contribution in [3.05, 3.63) is 82.6 Å². The van der Waals surface area contributed by atoms with E-state index in [2.05, 4.69) is 11.9 Å². The van der Waals surface area contributed by atoms with Gasteiger partial charge in [0.2, 0.25) is 0 Å². The molecule has 5 nitrogen and oxygen atoms in total. The second-order valence-corrected chi connectivity index (χ2v) is 9.31. The number of rotatable bonds is 9. The lowest BCUT2D eigenvalue weighted by atomic mass is 10.2. The minimum atomic E-state index is -0.150. The van der Waals surface area contributed by atoms with Crippen molar-refractivity contribution in [3.63, 3.8) is 0 Å². The molecule has 0 bridgehead atoms. The summed E-state index contributed by atoms with van der Waals surface area (Å²) in [5.41, 5.74) is 3.17. The molecule has 2 aromatic heterocycles. The number of fused-ring (bicyclic) bond motifs is 1. The Morgan fingerprint density at radius 2 is 2.00 bits per heavy atom. The Labute approximate surface area is 203 Å². The van der Waals surface area contributed by atoms with E-state index in [1.807, 2.05) is 55.5 Å². The summed E-state index contributed by atoms with van der Waals surface area (Å²) in [6.45, 7) is 5.09.